The molecule has 1 heterocycles. The molecule has 0 unspecified atom stereocenters. The zero-order valence-corrected chi connectivity index (χ0v) is 11.4. The van der Waals surface area contributed by atoms with Crippen LogP contribution in [0.4, 0.5) is 23.2 Å². The molecule has 0 aliphatic rings. The highest BCUT2D eigenvalue weighted by Gasteiger charge is 2.34. The second-order valence-electron chi connectivity index (χ2n) is 4.21. The number of benzene rings is 1. The highest BCUT2D eigenvalue weighted by Crippen LogP contribution is 2.33. The van der Waals surface area contributed by atoms with Gasteiger partial charge in [-0.1, -0.05) is 0 Å². The van der Waals surface area contributed by atoms with Crippen LogP contribution < -0.4 is 10.0 Å². The van der Waals surface area contributed by atoms with Crippen molar-refractivity contribution in [3.05, 3.63) is 63.8 Å². The topological polar surface area (TPSA) is 56.0 Å². The Morgan fingerprint density at radius 2 is 1.91 bits per heavy atom. The molecule has 0 saturated carbocycles. The van der Waals surface area contributed by atoms with Gasteiger partial charge in [0.15, 0.2) is 6.20 Å². The zero-order valence-electron chi connectivity index (χ0n) is 10.6. The molecule has 1 amide bonds. The quantitative estimate of drug-likeness (QED) is 0.396. The van der Waals surface area contributed by atoms with Crippen LogP contribution in [0.5, 0.6) is 0 Å². The molecule has 0 atom stereocenters. The predicted octanol–water partition coefficient (Wildman–Crippen LogP) is 3.38. The third-order valence-corrected chi connectivity index (χ3v) is 2.95. The van der Waals surface area contributed by atoms with Crippen LogP contribution in [0.1, 0.15) is 15.9 Å². The summed E-state index contributed by atoms with van der Waals surface area (Å²) >= 11 is 5.49. The van der Waals surface area contributed by atoms with Gasteiger partial charge < -0.3 is 10.5 Å². The molecule has 1 aromatic carbocycles. The third kappa shape index (κ3) is 3.45. The standard InChI is InChI=1S/C13H7ClF4N2O2/c14-11-4-1-7(6-20(11)22)12(21)19-8-2-3-10(15)9(5-8)13(16,17)18/h1-6H,(H,19,21). The van der Waals surface area contributed by atoms with Crippen LogP contribution in [-0.2, 0) is 6.18 Å². The van der Waals surface area contributed by atoms with E-state index >= 15 is 0 Å². The van der Waals surface area contributed by atoms with E-state index in [2.05, 4.69) is 5.32 Å². The number of carbonyl (C=O) groups excluding carboxylic acids is 1. The lowest BCUT2D eigenvalue weighted by atomic mass is 10.1. The number of aromatic nitrogens is 1. The number of nitrogens with zero attached hydrogens (tertiary/aromatic N) is 1. The number of amides is 1. The fourth-order valence-corrected chi connectivity index (χ4v) is 1.73. The highest BCUT2D eigenvalue weighted by atomic mass is 35.5. The van der Waals surface area contributed by atoms with Gasteiger partial charge in [0.2, 0.25) is 0 Å². The molecule has 2 aromatic rings. The summed E-state index contributed by atoms with van der Waals surface area (Å²) in [4.78, 5) is 11.8. The van der Waals surface area contributed by atoms with Crippen LogP contribution >= 0.6 is 11.6 Å². The van der Waals surface area contributed by atoms with Gasteiger partial charge in [0, 0.05) is 11.8 Å². The van der Waals surface area contributed by atoms with E-state index < -0.39 is 23.5 Å². The Labute approximate surface area is 126 Å². The lowest BCUT2D eigenvalue weighted by Crippen LogP contribution is -2.29. The number of anilines is 1. The third-order valence-electron chi connectivity index (χ3n) is 2.66. The number of halogens is 5. The van der Waals surface area contributed by atoms with E-state index in [-0.39, 0.29) is 21.1 Å². The maximum Gasteiger partial charge on any atom is 0.419 e. The first kappa shape index (κ1) is 16.0. The van der Waals surface area contributed by atoms with E-state index in [9.17, 15) is 27.6 Å². The second-order valence-corrected chi connectivity index (χ2v) is 4.60. The Morgan fingerprint density at radius 3 is 2.50 bits per heavy atom. The van der Waals surface area contributed by atoms with Gasteiger partial charge in [-0.15, -0.1) is 0 Å². The fraction of sp³-hybridized carbons (Fsp3) is 0.0769. The van der Waals surface area contributed by atoms with Crippen LogP contribution in [0.25, 0.3) is 0 Å². The van der Waals surface area contributed by atoms with Crippen molar-refractivity contribution in [1.82, 2.24) is 0 Å². The van der Waals surface area contributed by atoms with Crippen molar-refractivity contribution in [1.29, 1.82) is 0 Å². The largest absolute Gasteiger partial charge is 0.618 e. The molecule has 0 radical (unpaired) electrons. The van der Waals surface area contributed by atoms with Gasteiger partial charge in [0.1, 0.15) is 11.4 Å². The predicted molar refractivity (Wildman–Crippen MR) is 69.8 cm³/mol. The maximum absolute atomic E-state index is 13.1. The minimum Gasteiger partial charge on any atom is -0.618 e. The molecule has 116 valence electrons. The number of pyridine rings is 1. The van der Waals surface area contributed by atoms with Crippen molar-refractivity contribution < 1.29 is 27.1 Å². The summed E-state index contributed by atoms with van der Waals surface area (Å²) < 4.78 is 51.1. The highest BCUT2D eigenvalue weighted by molar-refractivity contribution is 6.28. The molecule has 0 spiro atoms. The Kier molecular flexibility index (Phi) is 4.23. The van der Waals surface area contributed by atoms with Crippen LogP contribution in [-0.4, -0.2) is 5.91 Å². The van der Waals surface area contributed by atoms with Gasteiger partial charge in [0.25, 0.3) is 11.1 Å². The summed E-state index contributed by atoms with van der Waals surface area (Å²) in [6.45, 7) is 0. The maximum atomic E-state index is 13.1. The summed E-state index contributed by atoms with van der Waals surface area (Å²) in [5.74, 6) is -2.28. The van der Waals surface area contributed by atoms with E-state index in [0.717, 1.165) is 18.3 Å². The number of nitrogens with one attached hydrogen (secondary N) is 1. The fourth-order valence-electron chi connectivity index (χ4n) is 1.62. The molecule has 0 aliphatic carbocycles. The first-order chi connectivity index (χ1) is 10.2. The van der Waals surface area contributed by atoms with Crippen LogP contribution in [0.15, 0.2) is 36.5 Å². The van der Waals surface area contributed by atoms with Crippen molar-refractivity contribution in [3.63, 3.8) is 0 Å². The SMILES string of the molecule is O=C(Nc1ccc(F)c(C(F)(F)F)c1)c1ccc(Cl)[n+]([O-])c1. The lowest BCUT2D eigenvalue weighted by molar-refractivity contribution is -0.603. The van der Waals surface area contributed by atoms with E-state index in [4.69, 9.17) is 11.6 Å². The first-order valence-corrected chi connectivity index (χ1v) is 6.13. The van der Waals surface area contributed by atoms with Crippen LogP contribution in [0, 0.1) is 11.0 Å². The van der Waals surface area contributed by atoms with E-state index in [0.29, 0.717) is 12.1 Å². The number of carbonyl (C=O) groups is 1. The Morgan fingerprint density at radius 1 is 1.23 bits per heavy atom. The van der Waals surface area contributed by atoms with Gasteiger partial charge in [-0.05, 0) is 35.9 Å². The molecule has 0 fully saturated rings. The van der Waals surface area contributed by atoms with Gasteiger partial charge in [-0.2, -0.15) is 17.9 Å². The van der Waals surface area contributed by atoms with E-state index in [1.807, 2.05) is 0 Å². The van der Waals surface area contributed by atoms with Crippen molar-refractivity contribution in [2.45, 2.75) is 6.18 Å². The normalized spacial score (nSPS) is 11.3. The molecule has 4 nitrogen and oxygen atoms in total. The number of hydrogen-bond acceptors (Lipinski definition) is 2. The van der Waals surface area contributed by atoms with E-state index in [1.165, 1.54) is 6.07 Å². The number of rotatable bonds is 2. The summed E-state index contributed by atoms with van der Waals surface area (Å²) in [5, 5.41) is 13.2. The summed E-state index contributed by atoms with van der Waals surface area (Å²) in [7, 11) is 0. The summed E-state index contributed by atoms with van der Waals surface area (Å²) in [6, 6.07) is 4.42. The molecule has 1 N–H and O–H groups in total. The average molecular weight is 335 g/mol. The molecule has 9 heteroatoms. The molecular formula is C13H7ClF4N2O2. The minimum atomic E-state index is -4.89. The van der Waals surface area contributed by atoms with Crippen LogP contribution in [0.2, 0.25) is 5.15 Å². The Hall–Kier alpha value is -2.35. The molecule has 0 bridgehead atoms. The summed E-state index contributed by atoms with van der Waals surface area (Å²) in [6.07, 6.45) is -4.02. The van der Waals surface area contributed by atoms with Gasteiger partial charge in [0.05, 0.1) is 5.56 Å². The monoisotopic (exact) mass is 334 g/mol. The van der Waals surface area contributed by atoms with E-state index in [1.54, 1.807) is 0 Å². The first-order valence-electron chi connectivity index (χ1n) is 5.75. The molecule has 22 heavy (non-hydrogen) atoms. The molecule has 0 aliphatic heterocycles. The van der Waals surface area contributed by atoms with Crippen molar-refractivity contribution >= 4 is 23.2 Å². The molecule has 1 aromatic heterocycles. The minimum absolute atomic E-state index is 0.114. The lowest BCUT2D eigenvalue weighted by Gasteiger charge is -2.11. The Bertz CT molecular complexity index is 734. The molecule has 0 saturated heterocycles. The smallest absolute Gasteiger partial charge is 0.419 e. The molecular weight excluding hydrogens is 328 g/mol. The zero-order chi connectivity index (χ0) is 16.5. The van der Waals surface area contributed by atoms with Crippen molar-refractivity contribution in [2.24, 2.45) is 0 Å². The van der Waals surface area contributed by atoms with Gasteiger partial charge in [-0.25, -0.2) is 4.39 Å². The Balaban J connectivity index is 2.27. The van der Waals surface area contributed by atoms with Gasteiger partial charge >= 0.3 is 6.18 Å². The van der Waals surface area contributed by atoms with Gasteiger partial charge in [-0.3, -0.25) is 4.79 Å². The molecule has 2 rings (SSSR count). The van der Waals surface area contributed by atoms with Crippen LogP contribution in [0.3, 0.4) is 0 Å². The number of hydrogen-bond donors (Lipinski definition) is 1. The number of alkyl halides is 3. The summed E-state index contributed by atoms with van der Waals surface area (Å²) in [5.41, 5.74) is -1.87. The van der Waals surface area contributed by atoms with Crippen molar-refractivity contribution in [2.75, 3.05) is 5.32 Å². The van der Waals surface area contributed by atoms with Crippen molar-refractivity contribution in [3.8, 4) is 0 Å². The second kappa shape index (κ2) is 5.80. The average Bonchev–Trinajstić information content (AvgIpc) is 2.42.